The minimum absolute atomic E-state index is 0.0735. The molecule has 1 aromatic rings. The summed E-state index contributed by atoms with van der Waals surface area (Å²) in [6.07, 6.45) is -1.34. The van der Waals surface area contributed by atoms with E-state index in [2.05, 4.69) is 10.2 Å². The number of nitrogens with zero attached hydrogens (tertiary/aromatic N) is 3. The lowest BCUT2D eigenvalue weighted by Crippen LogP contribution is -2.56. The summed E-state index contributed by atoms with van der Waals surface area (Å²) in [6, 6.07) is 2.69. The molecule has 0 saturated carbocycles. The predicted molar refractivity (Wildman–Crippen MR) is 104 cm³/mol. The predicted octanol–water partition coefficient (Wildman–Crippen LogP) is -0.114. The molecule has 1 unspecified atom stereocenters. The van der Waals surface area contributed by atoms with Crippen LogP contribution in [0.4, 0.5) is 25.0 Å². The van der Waals surface area contributed by atoms with E-state index in [1.807, 2.05) is 0 Å². The van der Waals surface area contributed by atoms with Gasteiger partial charge in [-0.3, -0.25) is 14.6 Å². The molecule has 1 aromatic carbocycles. The minimum atomic E-state index is -0.724. The van der Waals surface area contributed by atoms with Gasteiger partial charge in [0, 0.05) is 38.3 Å². The molecule has 1 atom stereocenters. The van der Waals surface area contributed by atoms with Gasteiger partial charge in [-0.2, -0.15) is 0 Å². The fourth-order valence-electron chi connectivity index (χ4n) is 3.89. The number of hydrogen-bond donors (Lipinski definition) is 2. The summed E-state index contributed by atoms with van der Waals surface area (Å²) in [7, 11) is 0. The summed E-state index contributed by atoms with van der Waals surface area (Å²) in [5, 5.41) is 2.53. The number of piperazine rings is 1. The van der Waals surface area contributed by atoms with Crippen molar-refractivity contribution in [3.63, 3.8) is 0 Å². The van der Waals surface area contributed by atoms with Crippen molar-refractivity contribution in [1.82, 2.24) is 10.2 Å². The molecular formula is C19H25F2N5O4. The summed E-state index contributed by atoms with van der Waals surface area (Å²) in [4.78, 5) is 28.5. The van der Waals surface area contributed by atoms with Gasteiger partial charge in [-0.25, -0.2) is 13.6 Å². The Morgan fingerprint density at radius 2 is 1.83 bits per heavy atom. The second kappa shape index (κ2) is 8.70. The van der Waals surface area contributed by atoms with Crippen LogP contribution in [0.5, 0.6) is 0 Å². The first kappa shape index (κ1) is 20.8. The molecule has 3 N–H and O–H groups in total. The highest BCUT2D eigenvalue weighted by Crippen LogP contribution is 2.31. The molecule has 30 heavy (non-hydrogen) atoms. The fraction of sp³-hybridized carbons (Fsp3) is 0.579. The van der Waals surface area contributed by atoms with E-state index in [-0.39, 0.29) is 36.9 Å². The van der Waals surface area contributed by atoms with Crippen molar-refractivity contribution in [2.45, 2.75) is 12.1 Å². The lowest BCUT2D eigenvalue weighted by atomic mass is 10.1. The van der Waals surface area contributed by atoms with Gasteiger partial charge in [0.15, 0.2) is 11.6 Å². The number of cyclic esters (lactones) is 1. The topological polar surface area (TPSA) is 100 Å². The summed E-state index contributed by atoms with van der Waals surface area (Å²) < 4.78 is 40.0. The summed E-state index contributed by atoms with van der Waals surface area (Å²) >= 11 is 0. The number of nitrogens with one attached hydrogen (secondary N) is 1. The van der Waals surface area contributed by atoms with Crippen LogP contribution in [-0.2, 0) is 14.3 Å². The third-order valence-corrected chi connectivity index (χ3v) is 5.67. The molecule has 4 rings (SSSR count). The first-order valence-electron chi connectivity index (χ1n) is 9.97. The molecule has 164 valence electrons. The number of hydrogen-bond acceptors (Lipinski definition) is 7. The van der Waals surface area contributed by atoms with Crippen molar-refractivity contribution in [2.75, 3.05) is 68.8 Å². The first-order chi connectivity index (χ1) is 14.5. The van der Waals surface area contributed by atoms with Gasteiger partial charge < -0.3 is 25.4 Å². The van der Waals surface area contributed by atoms with Crippen LogP contribution < -0.4 is 20.9 Å². The molecule has 0 aromatic heterocycles. The van der Waals surface area contributed by atoms with E-state index in [0.717, 1.165) is 17.0 Å². The standard InChI is InChI=1S/C19H25F2N5O4/c20-15-5-12(26-9-14(30-19(26)28)8-23-17(27)7-22)6-16(21)18(15)25-3-1-24(2-4-25)13-10-29-11-13/h5-6,13-14H,1-4,7-11,22H2,(H,23,27). The van der Waals surface area contributed by atoms with E-state index in [9.17, 15) is 18.4 Å². The number of carbonyl (C=O) groups is 2. The molecule has 9 nitrogen and oxygen atoms in total. The molecule has 0 radical (unpaired) electrons. The van der Waals surface area contributed by atoms with E-state index < -0.39 is 23.8 Å². The Labute approximate surface area is 172 Å². The highest BCUT2D eigenvalue weighted by Gasteiger charge is 2.35. The zero-order valence-corrected chi connectivity index (χ0v) is 16.5. The largest absolute Gasteiger partial charge is 0.442 e. The molecule has 2 amide bonds. The number of benzene rings is 1. The number of rotatable bonds is 6. The van der Waals surface area contributed by atoms with Gasteiger partial charge in [0.05, 0.1) is 44.6 Å². The maximum atomic E-state index is 14.8. The van der Waals surface area contributed by atoms with Crippen molar-refractivity contribution >= 4 is 23.4 Å². The number of anilines is 2. The van der Waals surface area contributed by atoms with Crippen LogP contribution in [0, 0.1) is 11.6 Å². The van der Waals surface area contributed by atoms with Crippen LogP contribution in [-0.4, -0.2) is 88.1 Å². The van der Waals surface area contributed by atoms with Crippen molar-refractivity contribution in [3.05, 3.63) is 23.8 Å². The molecule has 0 aliphatic carbocycles. The molecule has 3 heterocycles. The van der Waals surface area contributed by atoms with Crippen molar-refractivity contribution in [2.24, 2.45) is 5.73 Å². The molecule has 3 aliphatic rings. The quantitative estimate of drug-likeness (QED) is 0.656. The Morgan fingerprint density at radius 3 is 2.40 bits per heavy atom. The summed E-state index contributed by atoms with van der Waals surface area (Å²) in [5.74, 6) is -1.83. The minimum Gasteiger partial charge on any atom is -0.442 e. The first-order valence-corrected chi connectivity index (χ1v) is 9.97. The Kier molecular flexibility index (Phi) is 6.02. The van der Waals surface area contributed by atoms with E-state index >= 15 is 0 Å². The van der Waals surface area contributed by atoms with Gasteiger partial charge in [-0.1, -0.05) is 0 Å². The molecule has 3 aliphatic heterocycles. The van der Waals surface area contributed by atoms with Gasteiger partial charge in [0.1, 0.15) is 11.8 Å². The van der Waals surface area contributed by atoms with Gasteiger partial charge in [0.25, 0.3) is 0 Å². The van der Waals surface area contributed by atoms with Crippen LogP contribution in [0.3, 0.4) is 0 Å². The van der Waals surface area contributed by atoms with Gasteiger partial charge in [0.2, 0.25) is 5.91 Å². The van der Waals surface area contributed by atoms with Crippen molar-refractivity contribution in [3.8, 4) is 0 Å². The summed E-state index contributed by atoms with van der Waals surface area (Å²) in [6.45, 7) is 3.84. The maximum Gasteiger partial charge on any atom is 0.414 e. The Morgan fingerprint density at radius 1 is 1.17 bits per heavy atom. The number of amides is 2. The number of carbonyl (C=O) groups excluding carboxylic acids is 2. The van der Waals surface area contributed by atoms with Crippen LogP contribution in [0.2, 0.25) is 0 Å². The second-order valence-corrected chi connectivity index (χ2v) is 7.60. The zero-order chi connectivity index (χ0) is 21.3. The lowest BCUT2D eigenvalue weighted by molar-refractivity contribution is -0.120. The maximum absolute atomic E-state index is 14.8. The van der Waals surface area contributed by atoms with Crippen LogP contribution in [0.1, 0.15) is 0 Å². The highest BCUT2D eigenvalue weighted by atomic mass is 19.1. The van der Waals surface area contributed by atoms with Gasteiger partial charge in [-0.15, -0.1) is 0 Å². The Hall–Kier alpha value is -2.50. The van der Waals surface area contributed by atoms with Gasteiger partial charge >= 0.3 is 6.09 Å². The molecular weight excluding hydrogens is 400 g/mol. The highest BCUT2D eigenvalue weighted by molar-refractivity contribution is 5.90. The molecule has 11 heteroatoms. The second-order valence-electron chi connectivity index (χ2n) is 7.60. The number of ether oxygens (including phenoxy) is 2. The normalized spacial score (nSPS) is 22.8. The number of halogens is 2. The molecule has 0 spiro atoms. The zero-order valence-electron chi connectivity index (χ0n) is 16.5. The molecule has 3 fully saturated rings. The third kappa shape index (κ3) is 4.18. The average Bonchev–Trinajstić information content (AvgIpc) is 3.06. The monoisotopic (exact) mass is 425 g/mol. The van der Waals surface area contributed by atoms with Gasteiger partial charge in [-0.05, 0) is 0 Å². The van der Waals surface area contributed by atoms with Crippen LogP contribution >= 0.6 is 0 Å². The summed E-state index contributed by atoms with van der Waals surface area (Å²) in [5.41, 5.74) is 5.22. The SMILES string of the molecule is NCC(=O)NCC1CN(c2cc(F)c(N3CCN(C4COC4)CC3)c(F)c2)C(=O)O1. The lowest BCUT2D eigenvalue weighted by Gasteiger charge is -2.43. The van der Waals surface area contributed by atoms with Crippen molar-refractivity contribution < 1.29 is 27.8 Å². The fourth-order valence-corrected chi connectivity index (χ4v) is 3.89. The van der Waals surface area contributed by atoms with Crippen LogP contribution in [0.15, 0.2) is 12.1 Å². The van der Waals surface area contributed by atoms with E-state index in [1.54, 1.807) is 4.90 Å². The smallest absolute Gasteiger partial charge is 0.414 e. The third-order valence-electron chi connectivity index (χ3n) is 5.67. The van der Waals surface area contributed by atoms with Crippen LogP contribution in [0.25, 0.3) is 0 Å². The van der Waals surface area contributed by atoms with E-state index in [0.29, 0.717) is 45.4 Å². The molecule has 0 bridgehead atoms. The Balaban J connectivity index is 1.41. The average molecular weight is 425 g/mol. The van der Waals surface area contributed by atoms with E-state index in [1.165, 1.54) is 0 Å². The number of nitrogens with two attached hydrogens (primary N) is 1. The van der Waals surface area contributed by atoms with E-state index in [4.69, 9.17) is 15.2 Å². The molecule has 3 saturated heterocycles. The Bertz CT molecular complexity index is 791. The van der Waals surface area contributed by atoms with Crippen molar-refractivity contribution in [1.29, 1.82) is 0 Å².